The molecule has 0 aromatic heterocycles. The summed E-state index contributed by atoms with van der Waals surface area (Å²) in [5, 5.41) is 0. The number of ketones is 1. The zero-order valence-electron chi connectivity index (χ0n) is 8.10. The highest BCUT2D eigenvalue weighted by atomic mass is 16.5. The van der Waals surface area contributed by atoms with Crippen LogP contribution in [0.1, 0.15) is 13.8 Å². The van der Waals surface area contributed by atoms with E-state index in [2.05, 4.69) is 9.53 Å². The van der Waals surface area contributed by atoms with Crippen molar-refractivity contribution < 1.29 is 23.9 Å². The van der Waals surface area contributed by atoms with Crippen molar-refractivity contribution in [3.8, 4) is 0 Å². The molecule has 0 rings (SSSR count). The number of carbonyl (C=O) groups excluding carboxylic acids is 3. The smallest absolute Gasteiger partial charge is 0.442 e. The predicted octanol–water partition coefficient (Wildman–Crippen LogP) is -0.376. The molecule has 0 saturated carbocycles. The fourth-order valence-electron chi connectivity index (χ4n) is 0.634. The largest absolute Gasteiger partial charge is 0.460 e. The fourth-order valence-corrected chi connectivity index (χ4v) is 0.634. The molecule has 0 aliphatic heterocycles. The van der Waals surface area contributed by atoms with Crippen LogP contribution in [-0.2, 0) is 19.1 Å². The van der Waals surface area contributed by atoms with E-state index in [0.29, 0.717) is 6.29 Å². The maximum Gasteiger partial charge on any atom is 0.442 e. The molecule has 6 heteroatoms. The van der Waals surface area contributed by atoms with Crippen molar-refractivity contribution in [2.24, 2.45) is 5.41 Å². The number of nitrogens with zero attached hydrogens (tertiary/aromatic N) is 2. The molecule has 0 heterocycles. The molecular formula is C8H10N2O4. The number of Topliss-reactive ketones (excluding diaryl/α,β-unsaturated/α-hetero) is 1. The van der Waals surface area contributed by atoms with Gasteiger partial charge in [-0.25, -0.2) is 4.79 Å². The number of hydrogen-bond donors (Lipinski definition) is 0. The van der Waals surface area contributed by atoms with Crippen molar-refractivity contribution in [3.05, 3.63) is 5.53 Å². The molecule has 0 aromatic carbocycles. The van der Waals surface area contributed by atoms with E-state index in [1.54, 1.807) is 0 Å². The van der Waals surface area contributed by atoms with Gasteiger partial charge in [-0.3, -0.25) is 4.79 Å². The number of carbonyl (C=O) groups is 3. The second kappa shape index (κ2) is 4.43. The molecule has 0 unspecified atom stereocenters. The molecule has 0 bridgehead atoms. The molecule has 6 nitrogen and oxygen atoms in total. The summed E-state index contributed by atoms with van der Waals surface area (Å²) in [4.78, 5) is 35.3. The van der Waals surface area contributed by atoms with E-state index < -0.39 is 22.9 Å². The molecule has 0 aromatic rings. The standard InChI is InChI=1S/C8H10N2O4/c1-8(2,4-11)6(12)5(10-9)7(13)14-3/h4H,1-3H3. The Morgan fingerprint density at radius 2 is 1.93 bits per heavy atom. The molecule has 0 radical (unpaired) electrons. The summed E-state index contributed by atoms with van der Waals surface area (Å²) in [7, 11) is 1.04. The zero-order valence-corrected chi connectivity index (χ0v) is 8.10. The average molecular weight is 198 g/mol. The number of aldehydes is 1. The first kappa shape index (κ1) is 12.2. The third-order valence-corrected chi connectivity index (χ3v) is 1.57. The first-order valence-corrected chi connectivity index (χ1v) is 3.72. The topological polar surface area (TPSA) is 96.8 Å². The SMILES string of the molecule is COC(=O)C(=[N+]=[N-])C(=O)C(C)(C)C=O. The van der Waals surface area contributed by atoms with Gasteiger partial charge < -0.3 is 15.1 Å². The molecule has 0 amide bonds. The predicted molar refractivity (Wildman–Crippen MR) is 45.5 cm³/mol. The quantitative estimate of drug-likeness (QED) is 0.154. The van der Waals surface area contributed by atoms with Gasteiger partial charge in [0.05, 0.1) is 12.5 Å². The minimum atomic E-state index is -1.41. The van der Waals surface area contributed by atoms with E-state index in [0.717, 1.165) is 7.11 Å². The van der Waals surface area contributed by atoms with Crippen LogP contribution in [0.3, 0.4) is 0 Å². The van der Waals surface area contributed by atoms with E-state index in [9.17, 15) is 14.4 Å². The first-order valence-electron chi connectivity index (χ1n) is 3.72. The van der Waals surface area contributed by atoms with E-state index >= 15 is 0 Å². The van der Waals surface area contributed by atoms with Crippen molar-refractivity contribution in [1.29, 1.82) is 0 Å². The fraction of sp³-hybridized carbons (Fsp3) is 0.500. The Morgan fingerprint density at radius 1 is 1.43 bits per heavy atom. The van der Waals surface area contributed by atoms with Crippen molar-refractivity contribution in [3.63, 3.8) is 0 Å². The van der Waals surface area contributed by atoms with E-state index in [1.807, 2.05) is 0 Å². The molecular weight excluding hydrogens is 188 g/mol. The Bertz CT molecular complexity index is 326. The van der Waals surface area contributed by atoms with Crippen molar-refractivity contribution in [2.75, 3.05) is 7.11 Å². The van der Waals surface area contributed by atoms with Crippen LogP contribution in [0, 0.1) is 5.41 Å². The average Bonchev–Trinajstić information content (AvgIpc) is 2.18. The van der Waals surface area contributed by atoms with Crippen LogP contribution in [0.5, 0.6) is 0 Å². The number of hydrogen-bond acceptors (Lipinski definition) is 4. The van der Waals surface area contributed by atoms with Gasteiger partial charge in [0.2, 0.25) is 0 Å². The summed E-state index contributed by atoms with van der Waals surface area (Å²) in [6.07, 6.45) is 0.365. The van der Waals surface area contributed by atoms with Crippen LogP contribution >= 0.6 is 0 Å². The van der Waals surface area contributed by atoms with Gasteiger partial charge in [0.25, 0.3) is 5.78 Å². The monoisotopic (exact) mass is 198 g/mol. The van der Waals surface area contributed by atoms with Gasteiger partial charge >= 0.3 is 11.7 Å². The van der Waals surface area contributed by atoms with Gasteiger partial charge in [-0.15, -0.1) is 0 Å². The molecule has 0 N–H and O–H groups in total. The van der Waals surface area contributed by atoms with Crippen LogP contribution in [-0.4, -0.2) is 35.7 Å². The minimum absolute atomic E-state index is 0.365. The number of methoxy groups -OCH3 is 1. The summed E-state index contributed by atoms with van der Waals surface area (Å²) in [6, 6.07) is 0. The Balaban J connectivity index is 5.12. The van der Waals surface area contributed by atoms with Gasteiger partial charge in [-0.05, 0) is 13.8 Å². The summed E-state index contributed by atoms with van der Waals surface area (Å²) >= 11 is 0. The third-order valence-electron chi connectivity index (χ3n) is 1.57. The lowest BCUT2D eigenvalue weighted by atomic mass is 9.87. The Labute approximate surface area is 80.5 Å². The third kappa shape index (κ3) is 2.34. The van der Waals surface area contributed by atoms with Crippen LogP contribution in [0.4, 0.5) is 0 Å². The highest BCUT2D eigenvalue weighted by Gasteiger charge is 2.41. The van der Waals surface area contributed by atoms with Crippen molar-refractivity contribution in [2.45, 2.75) is 13.8 Å². The lowest BCUT2D eigenvalue weighted by Gasteiger charge is -2.10. The molecule has 14 heavy (non-hydrogen) atoms. The van der Waals surface area contributed by atoms with Crippen molar-refractivity contribution in [1.82, 2.24) is 0 Å². The van der Waals surface area contributed by atoms with Crippen LogP contribution < -0.4 is 0 Å². The molecule has 0 saturated heterocycles. The van der Waals surface area contributed by atoms with Gasteiger partial charge in [0, 0.05) is 0 Å². The lowest BCUT2D eigenvalue weighted by molar-refractivity contribution is -0.141. The molecule has 76 valence electrons. The maximum atomic E-state index is 11.4. The lowest BCUT2D eigenvalue weighted by Crippen LogP contribution is -2.38. The van der Waals surface area contributed by atoms with E-state index in [4.69, 9.17) is 5.53 Å². The summed E-state index contributed by atoms with van der Waals surface area (Å²) in [5.74, 6) is -1.96. The van der Waals surface area contributed by atoms with Crippen LogP contribution in [0.15, 0.2) is 0 Å². The summed E-state index contributed by atoms with van der Waals surface area (Å²) in [5.41, 5.74) is 6.21. The first-order chi connectivity index (χ1) is 6.40. The Morgan fingerprint density at radius 3 is 2.21 bits per heavy atom. The molecule has 0 spiro atoms. The van der Waals surface area contributed by atoms with E-state index in [1.165, 1.54) is 13.8 Å². The summed E-state index contributed by atoms with van der Waals surface area (Å²) < 4.78 is 4.20. The van der Waals surface area contributed by atoms with Gasteiger partial charge in [0.1, 0.15) is 6.29 Å². The highest BCUT2D eigenvalue weighted by molar-refractivity contribution is 6.64. The van der Waals surface area contributed by atoms with Gasteiger partial charge in [-0.2, -0.15) is 4.79 Å². The molecule has 0 aliphatic rings. The normalized spacial score (nSPS) is 9.93. The molecule has 0 fully saturated rings. The van der Waals surface area contributed by atoms with Crippen LogP contribution in [0.25, 0.3) is 5.53 Å². The Kier molecular flexibility index (Phi) is 3.86. The zero-order chi connectivity index (χ0) is 11.4. The number of ether oxygens (including phenoxy) is 1. The van der Waals surface area contributed by atoms with Crippen molar-refractivity contribution >= 4 is 23.8 Å². The summed E-state index contributed by atoms with van der Waals surface area (Å²) in [6.45, 7) is 2.60. The molecule has 0 atom stereocenters. The second-order valence-electron chi connectivity index (χ2n) is 3.11. The van der Waals surface area contributed by atoms with Gasteiger partial charge in [-0.1, -0.05) is 0 Å². The Hall–Kier alpha value is -1.81. The maximum absolute atomic E-state index is 11.4. The number of rotatable bonds is 4. The van der Waals surface area contributed by atoms with E-state index in [-0.39, 0.29) is 0 Å². The van der Waals surface area contributed by atoms with Crippen LogP contribution in [0.2, 0.25) is 0 Å². The van der Waals surface area contributed by atoms with Gasteiger partial charge in [0.15, 0.2) is 0 Å². The highest BCUT2D eigenvalue weighted by Crippen LogP contribution is 2.13. The number of esters is 1. The molecule has 0 aliphatic carbocycles. The minimum Gasteiger partial charge on any atom is -0.460 e. The second-order valence-corrected chi connectivity index (χ2v) is 3.11.